The molecule has 1 unspecified atom stereocenters. The molecule has 0 aliphatic carbocycles. The van der Waals surface area contributed by atoms with Crippen LogP contribution in [0.15, 0.2) is 30.3 Å². The molecular weight excluding hydrogens is 370 g/mol. The van der Waals surface area contributed by atoms with Gasteiger partial charge in [-0.1, -0.05) is 30.3 Å². The van der Waals surface area contributed by atoms with E-state index >= 15 is 0 Å². The zero-order chi connectivity index (χ0) is 21.0. The van der Waals surface area contributed by atoms with Crippen molar-refractivity contribution in [1.29, 1.82) is 0 Å². The number of benzene rings is 1. The van der Waals surface area contributed by atoms with E-state index in [-0.39, 0.29) is 35.9 Å². The Morgan fingerprint density at radius 1 is 1.14 bits per heavy atom. The minimum absolute atomic E-state index is 0.00129. The van der Waals surface area contributed by atoms with Crippen molar-refractivity contribution in [2.75, 3.05) is 19.6 Å². The van der Waals surface area contributed by atoms with Gasteiger partial charge in [0.15, 0.2) is 0 Å². The van der Waals surface area contributed by atoms with Crippen LogP contribution in [0.5, 0.6) is 0 Å². The molecule has 2 aliphatic rings. The van der Waals surface area contributed by atoms with Crippen molar-refractivity contribution >= 4 is 17.9 Å². The van der Waals surface area contributed by atoms with Gasteiger partial charge in [0.05, 0.1) is 5.92 Å². The van der Waals surface area contributed by atoms with Crippen LogP contribution in [0.25, 0.3) is 0 Å². The average molecular weight is 402 g/mol. The second-order valence-corrected chi connectivity index (χ2v) is 8.88. The molecule has 0 bridgehead atoms. The van der Waals surface area contributed by atoms with E-state index < -0.39 is 6.09 Å². The molecule has 0 radical (unpaired) electrons. The molecule has 3 amide bonds. The highest BCUT2D eigenvalue weighted by atomic mass is 16.5. The largest absolute Gasteiger partial charge is 0.445 e. The molecule has 7 nitrogen and oxygen atoms in total. The van der Waals surface area contributed by atoms with Crippen LogP contribution in [0, 0.1) is 5.92 Å². The van der Waals surface area contributed by atoms with Crippen molar-refractivity contribution < 1.29 is 19.1 Å². The lowest BCUT2D eigenvalue weighted by Crippen LogP contribution is -2.49. The summed E-state index contributed by atoms with van der Waals surface area (Å²) in [6.45, 7) is 7.88. The summed E-state index contributed by atoms with van der Waals surface area (Å²) in [7, 11) is 0. The topological polar surface area (TPSA) is 79.0 Å². The number of carbonyl (C=O) groups excluding carboxylic acids is 3. The Labute approximate surface area is 172 Å². The van der Waals surface area contributed by atoms with Crippen LogP contribution in [0.3, 0.4) is 0 Å². The maximum atomic E-state index is 12.8. The van der Waals surface area contributed by atoms with Crippen molar-refractivity contribution in [2.45, 2.75) is 58.2 Å². The van der Waals surface area contributed by atoms with E-state index in [1.165, 1.54) is 0 Å². The van der Waals surface area contributed by atoms with Gasteiger partial charge in [-0.25, -0.2) is 4.79 Å². The van der Waals surface area contributed by atoms with Gasteiger partial charge in [0.25, 0.3) is 0 Å². The highest BCUT2D eigenvalue weighted by Gasteiger charge is 2.41. The van der Waals surface area contributed by atoms with Gasteiger partial charge in [-0.3, -0.25) is 9.59 Å². The summed E-state index contributed by atoms with van der Waals surface area (Å²) in [5, 5.41) is 2.89. The van der Waals surface area contributed by atoms with Crippen molar-refractivity contribution in [1.82, 2.24) is 15.1 Å². The highest BCUT2D eigenvalue weighted by Crippen LogP contribution is 2.27. The number of nitrogens with zero attached hydrogens (tertiary/aromatic N) is 2. The molecule has 0 saturated carbocycles. The van der Waals surface area contributed by atoms with Gasteiger partial charge in [-0.05, 0) is 39.2 Å². The fourth-order valence-electron chi connectivity index (χ4n) is 3.95. The molecular formula is C22H31N3O4. The van der Waals surface area contributed by atoms with E-state index in [2.05, 4.69) is 5.32 Å². The number of hydrogen-bond acceptors (Lipinski definition) is 4. The van der Waals surface area contributed by atoms with E-state index in [0.717, 1.165) is 5.56 Å². The minimum Gasteiger partial charge on any atom is -0.445 e. The lowest BCUT2D eigenvalue weighted by atomic mass is 10.0. The van der Waals surface area contributed by atoms with Crippen molar-refractivity contribution in [3.63, 3.8) is 0 Å². The van der Waals surface area contributed by atoms with Gasteiger partial charge in [0.2, 0.25) is 11.8 Å². The number of nitrogens with one attached hydrogen (secondary N) is 1. The van der Waals surface area contributed by atoms with E-state index in [1.54, 1.807) is 4.90 Å². The summed E-state index contributed by atoms with van der Waals surface area (Å²) in [6.07, 6.45) is 1.24. The second-order valence-electron chi connectivity index (χ2n) is 8.88. The number of alkyl carbamates (subject to hydrolysis) is 1. The zero-order valence-electron chi connectivity index (χ0n) is 17.5. The second kappa shape index (κ2) is 8.84. The summed E-state index contributed by atoms with van der Waals surface area (Å²) in [6, 6.07) is 9.54. The Balaban J connectivity index is 1.41. The summed E-state index contributed by atoms with van der Waals surface area (Å²) in [4.78, 5) is 40.7. The molecule has 158 valence electrons. The van der Waals surface area contributed by atoms with Gasteiger partial charge in [0, 0.05) is 37.6 Å². The summed E-state index contributed by atoms with van der Waals surface area (Å²) in [5.41, 5.74) is 0.682. The fraction of sp³-hybridized carbons (Fsp3) is 0.591. The quantitative estimate of drug-likeness (QED) is 0.841. The molecule has 3 rings (SSSR count). The number of rotatable bonds is 4. The Bertz CT molecular complexity index is 736. The molecule has 29 heavy (non-hydrogen) atoms. The molecule has 0 aromatic heterocycles. The van der Waals surface area contributed by atoms with Gasteiger partial charge < -0.3 is 19.9 Å². The zero-order valence-corrected chi connectivity index (χ0v) is 17.5. The van der Waals surface area contributed by atoms with Crippen molar-refractivity contribution in [3.05, 3.63) is 35.9 Å². The predicted octanol–water partition coefficient (Wildman–Crippen LogP) is 2.55. The first-order chi connectivity index (χ1) is 13.7. The molecule has 1 N–H and O–H groups in total. The molecule has 1 atom stereocenters. The Hall–Kier alpha value is -2.57. The number of hydrogen-bond donors (Lipinski definition) is 1. The Morgan fingerprint density at radius 2 is 1.79 bits per heavy atom. The Kier molecular flexibility index (Phi) is 6.45. The first-order valence-corrected chi connectivity index (χ1v) is 10.3. The smallest absolute Gasteiger partial charge is 0.407 e. The maximum absolute atomic E-state index is 12.8. The normalized spacial score (nSPS) is 20.7. The van der Waals surface area contributed by atoms with Crippen LogP contribution in [0.1, 0.15) is 45.6 Å². The van der Waals surface area contributed by atoms with Crippen LogP contribution < -0.4 is 5.32 Å². The number of ether oxygens (including phenoxy) is 1. The number of likely N-dealkylation sites (tertiary alicyclic amines) is 2. The van der Waals surface area contributed by atoms with E-state index in [0.29, 0.717) is 38.9 Å². The van der Waals surface area contributed by atoms with Gasteiger partial charge in [-0.2, -0.15) is 0 Å². The lowest BCUT2D eigenvalue weighted by molar-refractivity contribution is -0.136. The number of amides is 3. The first kappa shape index (κ1) is 21.1. The van der Waals surface area contributed by atoms with Gasteiger partial charge >= 0.3 is 6.09 Å². The predicted molar refractivity (Wildman–Crippen MR) is 109 cm³/mol. The van der Waals surface area contributed by atoms with Crippen LogP contribution in [-0.2, 0) is 20.9 Å². The van der Waals surface area contributed by atoms with E-state index in [9.17, 15) is 14.4 Å². The highest BCUT2D eigenvalue weighted by molar-refractivity contribution is 5.89. The van der Waals surface area contributed by atoms with Crippen molar-refractivity contribution in [2.24, 2.45) is 5.92 Å². The summed E-state index contributed by atoms with van der Waals surface area (Å²) < 4.78 is 5.27. The van der Waals surface area contributed by atoms with Crippen LogP contribution in [0.4, 0.5) is 4.79 Å². The standard InChI is InChI=1S/C22H31N3O4/c1-22(2,3)25-14-17(13-19(25)26)20(27)24-11-9-18(10-12-24)23-21(28)29-15-16-7-5-4-6-8-16/h4-8,17-18H,9-15H2,1-3H3,(H,23,28). The third kappa shape index (κ3) is 5.49. The maximum Gasteiger partial charge on any atom is 0.407 e. The molecule has 0 spiro atoms. The van der Waals surface area contributed by atoms with Gasteiger partial charge in [-0.15, -0.1) is 0 Å². The molecule has 2 heterocycles. The number of carbonyl (C=O) groups is 3. The van der Waals surface area contributed by atoms with Crippen molar-refractivity contribution in [3.8, 4) is 0 Å². The van der Waals surface area contributed by atoms with E-state index in [4.69, 9.17) is 4.74 Å². The van der Waals surface area contributed by atoms with Crippen LogP contribution in [-0.4, -0.2) is 58.9 Å². The first-order valence-electron chi connectivity index (χ1n) is 10.3. The molecule has 2 saturated heterocycles. The monoisotopic (exact) mass is 401 g/mol. The number of piperidine rings is 1. The Morgan fingerprint density at radius 3 is 2.38 bits per heavy atom. The fourth-order valence-corrected chi connectivity index (χ4v) is 3.95. The molecule has 1 aromatic rings. The van der Waals surface area contributed by atoms with E-state index in [1.807, 2.05) is 56.0 Å². The summed E-state index contributed by atoms with van der Waals surface area (Å²) in [5.74, 6) is -0.161. The summed E-state index contributed by atoms with van der Waals surface area (Å²) >= 11 is 0. The molecule has 7 heteroatoms. The third-order valence-electron chi connectivity index (χ3n) is 5.63. The van der Waals surface area contributed by atoms with Crippen LogP contribution >= 0.6 is 0 Å². The van der Waals surface area contributed by atoms with Gasteiger partial charge in [0.1, 0.15) is 6.61 Å². The molecule has 2 fully saturated rings. The minimum atomic E-state index is -0.430. The SMILES string of the molecule is CC(C)(C)N1CC(C(=O)N2CCC(NC(=O)OCc3ccccc3)CC2)CC1=O. The average Bonchev–Trinajstić information content (AvgIpc) is 3.09. The molecule has 1 aromatic carbocycles. The third-order valence-corrected chi connectivity index (χ3v) is 5.63. The molecule has 2 aliphatic heterocycles. The lowest BCUT2D eigenvalue weighted by Gasteiger charge is -2.34. The van der Waals surface area contributed by atoms with Crippen LogP contribution in [0.2, 0.25) is 0 Å².